The van der Waals surface area contributed by atoms with Crippen LogP contribution in [0.3, 0.4) is 0 Å². The number of hydrogen-bond acceptors (Lipinski definition) is 6. The number of benzene rings is 2. The second-order valence-electron chi connectivity index (χ2n) is 4.80. The van der Waals surface area contributed by atoms with Crippen molar-refractivity contribution in [3.05, 3.63) is 53.6 Å². The van der Waals surface area contributed by atoms with E-state index in [0.29, 0.717) is 28.4 Å². The molecule has 0 radical (unpaired) electrons. The molecule has 0 bridgehead atoms. The molecule has 0 aliphatic heterocycles. The van der Waals surface area contributed by atoms with Crippen molar-refractivity contribution < 1.29 is 19.0 Å². The van der Waals surface area contributed by atoms with Crippen molar-refractivity contribution in [2.75, 3.05) is 20.8 Å². The molecule has 2 aromatic carbocycles. The van der Waals surface area contributed by atoms with Crippen LogP contribution in [0.25, 0.3) is 0 Å². The van der Waals surface area contributed by atoms with E-state index in [-0.39, 0.29) is 6.61 Å². The van der Waals surface area contributed by atoms with Crippen LogP contribution in [-0.2, 0) is 4.79 Å². The molecule has 0 unspecified atom stereocenters. The van der Waals surface area contributed by atoms with Crippen LogP contribution in [0.1, 0.15) is 11.1 Å². The van der Waals surface area contributed by atoms with Gasteiger partial charge in [0.15, 0.2) is 6.61 Å². The van der Waals surface area contributed by atoms with Gasteiger partial charge in [-0.25, -0.2) is 5.43 Å². The molecule has 0 aliphatic carbocycles. The number of carbonyl (C=O) groups is 1. The van der Waals surface area contributed by atoms with Gasteiger partial charge in [0, 0.05) is 11.6 Å². The van der Waals surface area contributed by atoms with E-state index in [1.54, 1.807) is 49.6 Å². The van der Waals surface area contributed by atoms with Crippen LogP contribution in [0.15, 0.2) is 47.6 Å². The Kier molecular flexibility index (Phi) is 6.37. The van der Waals surface area contributed by atoms with Crippen LogP contribution in [0.5, 0.6) is 17.2 Å². The lowest BCUT2D eigenvalue weighted by Crippen LogP contribution is -2.24. The first-order chi connectivity index (χ1) is 12.2. The second-order valence-corrected chi connectivity index (χ2v) is 4.80. The third kappa shape index (κ3) is 4.97. The minimum Gasteiger partial charge on any atom is -0.497 e. The Balaban J connectivity index is 1.92. The first-order valence-corrected chi connectivity index (χ1v) is 7.33. The molecule has 0 spiro atoms. The monoisotopic (exact) mass is 339 g/mol. The third-order valence-corrected chi connectivity index (χ3v) is 3.20. The van der Waals surface area contributed by atoms with Gasteiger partial charge in [-0.05, 0) is 24.3 Å². The Morgan fingerprint density at radius 2 is 2.00 bits per heavy atom. The van der Waals surface area contributed by atoms with Crippen molar-refractivity contribution in [1.82, 2.24) is 5.43 Å². The van der Waals surface area contributed by atoms with E-state index in [1.165, 1.54) is 13.3 Å². The zero-order chi connectivity index (χ0) is 18.1. The van der Waals surface area contributed by atoms with Gasteiger partial charge in [-0.3, -0.25) is 4.79 Å². The van der Waals surface area contributed by atoms with Crippen LogP contribution in [0, 0.1) is 11.3 Å². The molecule has 128 valence electrons. The quantitative estimate of drug-likeness (QED) is 0.616. The van der Waals surface area contributed by atoms with Crippen LogP contribution < -0.4 is 19.6 Å². The maximum atomic E-state index is 11.8. The summed E-state index contributed by atoms with van der Waals surface area (Å²) in [4.78, 5) is 11.8. The molecule has 2 aromatic rings. The van der Waals surface area contributed by atoms with Crippen molar-refractivity contribution in [1.29, 1.82) is 5.26 Å². The number of nitrogens with one attached hydrogen (secondary N) is 1. The summed E-state index contributed by atoms with van der Waals surface area (Å²) in [5, 5.41) is 12.8. The van der Waals surface area contributed by atoms with Gasteiger partial charge in [0.25, 0.3) is 5.91 Å². The smallest absolute Gasteiger partial charge is 0.277 e. The average Bonchev–Trinajstić information content (AvgIpc) is 2.66. The number of hydrogen-bond donors (Lipinski definition) is 1. The molecule has 0 heterocycles. The van der Waals surface area contributed by atoms with Gasteiger partial charge in [-0.15, -0.1) is 0 Å². The largest absolute Gasteiger partial charge is 0.497 e. The summed E-state index contributed by atoms with van der Waals surface area (Å²) in [6.07, 6.45) is 1.46. The van der Waals surface area contributed by atoms with Crippen molar-refractivity contribution in [3.8, 4) is 23.3 Å². The van der Waals surface area contributed by atoms with Gasteiger partial charge in [0.2, 0.25) is 0 Å². The standard InChI is InChI=1S/C18H17N3O4/c1-23-15-8-7-14(17(9-15)24-2)11-20-21-18(22)12-25-16-6-4-3-5-13(16)10-19/h3-9,11H,12H2,1-2H3,(H,21,22)/b20-11-. The fourth-order valence-corrected chi connectivity index (χ4v) is 1.96. The van der Waals surface area contributed by atoms with E-state index in [1.807, 2.05) is 6.07 Å². The van der Waals surface area contributed by atoms with E-state index in [0.717, 1.165) is 0 Å². The summed E-state index contributed by atoms with van der Waals surface area (Å²) in [7, 11) is 3.10. The number of hydrazone groups is 1. The van der Waals surface area contributed by atoms with E-state index >= 15 is 0 Å². The first kappa shape index (κ1) is 17.8. The van der Waals surface area contributed by atoms with Crippen LogP contribution in [-0.4, -0.2) is 32.9 Å². The lowest BCUT2D eigenvalue weighted by Gasteiger charge is -2.07. The molecule has 0 aromatic heterocycles. The number of para-hydroxylation sites is 1. The van der Waals surface area contributed by atoms with Gasteiger partial charge < -0.3 is 14.2 Å². The molecule has 1 N–H and O–H groups in total. The summed E-state index contributed by atoms with van der Waals surface area (Å²) in [6.45, 7) is -0.254. The molecule has 25 heavy (non-hydrogen) atoms. The van der Waals surface area contributed by atoms with Crippen LogP contribution in [0.4, 0.5) is 0 Å². The van der Waals surface area contributed by atoms with E-state index in [2.05, 4.69) is 10.5 Å². The average molecular weight is 339 g/mol. The maximum Gasteiger partial charge on any atom is 0.277 e. The Hall–Kier alpha value is -3.53. The first-order valence-electron chi connectivity index (χ1n) is 7.33. The van der Waals surface area contributed by atoms with E-state index in [4.69, 9.17) is 19.5 Å². The van der Waals surface area contributed by atoms with Gasteiger partial charge in [-0.2, -0.15) is 10.4 Å². The molecule has 1 amide bonds. The zero-order valence-corrected chi connectivity index (χ0v) is 13.9. The molecule has 0 atom stereocenters. The normalized spacial score (nSPS) is 10.1. The molecule has 0 fully saturated rings. The predicted molar refractivity (Wildman–Crippen MR) is 91.9 cm³/mol. The van der Waals surface area contributed by atoms with Crippen LogP contribution in [0.2, 0.25) is 0 Å². The molecular formula is C18H17N3O4. The predicted octanol–water partition coefficient (Wildman–Crippen LogP) is 2.10. The van der Waals surface area contributed by atoms with Crippen molar-refractivity contribution in [3.63, 3.8) is 0 Å². The highest BCUT2D eigenvalue weighted by Gasteiger charge is 2.06. The highest BCUT2D eigenvalue weighted by Crippen LogP contribution is 2.23. The summed E-state index contributed by atoms with van der Waals surface area (Å²) in [5.41, 5.74) is 3.40. The topological polar surface area (TPSA) is 92.9 Å². The highest BCUT2D eigenvalue weighted by molar-refractivity contribution is 5.85. The second kappa shape index (κ2) is 8.93. The minimum atomic E-state index is -0.448. The summed E-state index contributed by atoms with van der Waals surface area (Å²) in [5.74, 6) is 1.12. The lowest BCUT2D eigenvalue weighted by atomic mass is 10.2. The van der Waals surface area contributed by atoms with Gasteiger partial charge in [-0.1, -0.05) is 12.1 Å². The number of methoxy groups -OCH3 is 2. The maximum absolute atomic E-state index is 11.8. The van der Waals surface area contributed by atoms with Gasteiger partial charge in [0.1, 0.15) is 23.3 Å². The van der Waals surface area contributed by atoms with E-state index in [9.17, 15) is 4.79 Å². The summed E-state index contributed by atoms with van der Waals surface area (Å²) >= 11 is 0. The number of nitriles is 1. The summed E-state index contributed by atoms with van der Waals surface area (Å²) in [6, 6.07) is 13.9. The number of carbonyl (C=O) groups excluding carboxylic acids is 1. The van der Waals surface area contributed by atoms with E-state index < -0.39 is 5.91 Å². The lowest BCUT2D eigenvalue weighted by molar-refractivity contribution is -0.123. The molecule has 0 saturated carbocycles. The van der Waals surface area contributed by atoms with Crippen molar-refractivity contribution >= 4 is 12.1 Å². The molecule has 0 saturated heterocycles. The molecular weight excluding hydrogens is 322 g/mol. The van der Waals surface area contributed by atoms with Crippen molar-refractivity contribution in [2.24, 2.45) is 5.10 Å². The van der Waals surface area contributed by atoms with Gasteiger partial charge in [0.05, 0.1) is 26.0 Å². The fraction of sp³-hybridized carbons (Fsp3) is 0.167. The Labute approximate surface area is 145 Å². The third-order valence-electron chi connectivity index (χ3n) is 3.20. The minimum absolute atomic E-state index is 0.254. The highest BCUT2D eigenvalue weighted by atomic mass is 16.5. The number of nitrogens with zero attached hydrogens (tertiary/aromatic N) is 2. The molecule has 2 rings (SSSR count). The van der Waals surface area contributed by atoms with Crippen molar-refractivity contribution in [2.45, 2.75) is 0 Å². The Morgan fingerprint density at radius 3 is 2.72 bits per heavy atom. The SMILES string of the molecule is COc1ccc(/C=N\NC(=O)COc2ccccc2C#N)c(OC)c1. The number of amides is 1. The Morgan fingerprint density at radius 1 is 1.20 bits per heavy atom. The van der Waals surface area contributed by atoms with Crippen LogP contribution >= 0.6 is 0 Å². The summed E-state index contributed by atoms with van der Waals surface area (Å²) < 4.78 is 15.7. The number of rotatable bonds is 7. The molecule has 7 heteroatoms. The molecule has 0 aliphatic rings. The zero-order valence-electron chi connectivity index (χ0n) is 13.9. The Bertz CT molecular complexity index is 812. The number of ether oxygens (including phenoxy) is 3. The molecule has 7 nitrogen and oxygen atoms in total. The van der Waals surface area contributed by atoms with Gasteiger partial charge >= 0.3 is 0 Å². The fourth-order valence-electron chi connectivity index (χ4n) is 1.96.